The Balaban J connectivity index is 1.68. The van der Waals surface area contributed by atoms with Gasteiger partial charge in [-0.05, 0) is 32.8 Å². The minimum Gasteiger partial charge on any atom is -0.307 e. The third kappa shape index (κ3) is 2.38. The average molecular weight is 269 g/mol. The summed E-state index contributed by atoms with van der Waals surface area (Å²) in [5.74, 6) is 0.677. The first-order chi connectivity index (χ1) is 9.58. The van der Waals surface area contributed by atoms with Gasteiger partial charge in [0.05, 0.1) is 5.69 Å². The van der Waals surface area contributed by atoms with Crippen molar-refractivity contribution in [3.05, 3.63) is 52.8 Å². The van der Waals surface area contributed by atoms with Crippen molar-refractivity contribution in [2.75, 3.05) is 0 Å². The zero-order valence-electron chi connectivity index (χ0n) is 12.7. The average Bonchev–Trinajstić information content (AvgIpc) is 3.13. The van der Waals surface area contributed by atoms with Gasteiger partial charge in [0.15, 0.2) is 0 Å². The summed E-state index contributed by atoms with van der Waals surface area (Å²) in [6.45, 7) is 6.49. The molecule has 3 heteroatoms. The lowest BCUT2D eigenvalue weighted by molar-refractivity contribution is 0.557. The Kier molecular flexibility index (Phi) is 3.38. The van der Waals surface area contributed by atoms with Crippen LogP contribution in [0.2, 0.25) is 0 Å². The number of rotatable bonds is 4. The van der Waals surface area contributed by atoms with E-state index in [1.165, 1.54) is 23.2 Å². The molecule has 1 fully saturated rings. The standard InChI is InChI=1S/C17H23N3/c1-11(17-12(2)19-20(4)13(17)3)18-16-10-15(16)14-8-6-5-7-9-14/h5-9,11,15-16,18H,10H2,1-4H3. The zero-order valence-corrected chi connectivity index (χ0v) is 12.7. The van der Waals surface area contributed by atoms with Crippen LogP contribution in [0, 0.1) is 13.8 Å². The highest BCUT2D eigenvalue weighted by Crippen LogP contribution is 2.42. The molecule has 3 rings (SSSR count). The molecule has 1 aromatic heterocycles. The molecule has 0 bridgehead atoms. The van der Waals surface area contributed by atoms with Crippen molar-refractivity contribution < 1.29 is 0 Å². The topological polar surface area (TPSA) is 29.9 Å². The van der Waals surface area contributed by atoms with Crippen molar-refractivity contribution in [1.82, 2.24) is 15.1 Å². The molecule has 0 aliphatic heterocycles. The Morgan fingerprint density at radius 3 is 2.55 bits per heavy atom. The molecule has 3 nitrogen and oxygen atoms in total. The first-order valence-corrected chi connectivity index (χ1v) is 7.39. The van der Waals surface area contributed by atoms with E-state index in [0.29, 0.717) is 18.0 Å². The second kappa shape index (κ2) is 5.06. The number of aryl methyl sites for hydroxylation is 2. The molecule has 0 radical (unpaired) electrons. The van der Waals surface area contributed by atoms with Gasteiger partial charge in [-0.25, -0.2) is 0 Å². The van der Waals surface area contributed by atoms with Crippen LogP contribution in [0.5, 0.6) is 0 Å². The van der Waals surface area contributed by atoms with Crippen molar-refractivity contribution >= 4 is 0 Å². The summed E-state index contributed by atoms with van der Waals surface area (Å²) in [6, 6.07) is 11.8. The maximum absolute atomic E-state index is 4.51. The normalized spacial score (nSPS) is 22.8. The summed E-state index contributed by atoms with van der Waals surface area (Å²) in [4.78, 5) is 0. The number of nitrogens with zero attached hydrogens (tertiary/aromatic N) is 2. The molecule has 1 aliphatic rings. The van der Waals surface area contributed by atoms with E-state index in [2.05, 4.69) is 61.5 Å². The summed E-state index contributed by atoms with van der Waals surface area (Å²) in [5, 5.41) is 8.27. The lowest BCUT2D eigenvalue weighted by Crippen LogP contribution is -2.23. The Labute approximate surface area is 121 Å². The maximum Gasteiger partial charge on any atom is 0.0644 e. The molecule has 1 heterocycles. The summed E-state index contributed by atoms with van der Waals surface area (Å²) in [7, 11) is 2.02. The van der Waals surface area contributed by atoms with Gasteiger partial charge >= 0.3 is 0 Å². The third-order valence-electron chi connectivity index (χ3n) is 4.48. The molecule has 20 heavy (non-hydrogen) atoms. The second-order valence-electron chi connectivity index (χ2n) is 5.96. The van der Waals surface area contributed by atoms with E-state index >= 15 is 0 Å². The van der Waals surface area contributed by atoms with Gasteiger partial charge in [0.2, 0.25) is 0 Å². The maximum atomic E-state index is 4.51. The molecular weight excluding hydrogens is 246 g/mol. The minimum absolute atomic E-state index is 0.363. The van der Waals surface area contributed by atoms with Crippen LogP contribution in [0.3, 0.4) is 0 Å². The lowest BCUT2D eigenvalue weighted by atomic mass is 10.1. The van der Waals surface area contributed by atoms with E-state index in [9.17, 15) is 0 Å². The van der Waals surface area contributed by atoms with Crippen LogP contribution in [0.1, 0.15) is 47.8 Å². The number of nitrogens with one attached hydrogen (secondary N) is 1. The summed E-state index contributed by atoms with van der Waals surface area (Å²) in [6.07, 6.45) is 1.24. The molecule has 0 spiro atoms. The summed E-state index contributed by atoms with van der Waals surface area (Å²) >= 11 is 0. The van der Waals surface area contributed by atoms with Crippen molar-refractivity contribution in [3.8, 4) is 0 Å². The Hall–Kier alpha value is -1.61. The lowest BCUT2D eigenvalue weighted by Gasteiger charge is -2.15. The molecule has 1 aliphatic carbocycles. The largest absolute Gasteiger partial charge is 0.307 e. The summed E-state index contributed by atoms with van der Waals surface area (Å²) in [5.41, 5.74) is 5.21. The van der Waals surface area contributed by atoms with Gasteiger partial charge in [-0.15, -0.1) is 0 Å². The number of benzene rings is 1. The monoisotopic (exact) mass is 269 g/mol. The molecule has 1 aromatic carbocycles. The van der Waals surface area contributed by atoms with Gasteiger partial charge in [-0.3, -0.25) is 4.68 Å². The van der Waals surface area contributed by atoms with Crippen molar-refractivity contribution in [1.29, 1.82) is 0 Å². The highest BCUT2D eigenvalue weighted by atomic mass is 15.3. The van der Waals surface area contributed by atoms with Crippen LogP contribution < -0.4 is 5.32 Å². The van der Waals surface area contributed by atoms with Crippen LogP contribution in [0.25, 0.3) is 0 Å². The van der Waals surface area contributed by atoms with Gasteiger partial charge < -0.3 is 5.32 Å². The van der Waals surface area contributed by atoms with E-state index in [4.69, 9.17) is 0 Å². The van der Waals surface area contributed by atoms with E-state index in [1.807, 2.05) is 11.7 Å². The first-order valence-electron chi connectivity index (χ1n) is 7.39. The Morgan fingerprint density at radius 1 is 1.25 bits per heavy atom. The van der Waals surface area contributed by atoms with Crippen molar-refractivity contribution in [2.24, 2.45) is 7.05 Å². The number of hydrogen-bond acceptors (Lipinski definition) is 2. The molecule has 1 saturated carbocycles. The van der Waals surface area contributed by atoms with E-state index < -0.39 is 0 Å². The minimum atomic E-state index is 0.363. The highest BCUT2D eigenvalue weighted by molar-refractivity contribution is 5.31. The predicted molar refractivity (Wildman–Crippen MR) is 81.8 cm³/mol. The van der Waals surface area contributed by atoms with Gasteiger partial charge in [-0.1, -0.05) is 30.3 Å². The molecular formula is C17H23N3. The molecule has 106 valence electrons. The number of aromatic nitrogens is 2. The number of hydrogen-bond donors (Lipinski definition) is 1. The van der Waals surface area contributed by atoms with Gasteiger partial charge in [0.25, 0.3) is 0 Å². The Morgan fingerprint density at radius 2 is 1.95 bits per heavy atom. The van der Waals surface area contributed by atoms with Gasteiger partial charge in [-0.2, -0.15) is 5.10 Å². The van der Waals surface area contributed by atoms with Crippen molar-refractivity contribution in [3.63, 3.8) is 0 Å². The van der Waals surface area contributed by atoms with Crippen molar-refractivity contribution in [2.45, 2.75) is 45.2 Å². The molecule has 3 unspecified atom stereocenters. The molecule has 2 aromatic rings. The fourth-order valence-corrected chi connectivity index (χ4v) is 3.27. The molecule has 0 amide bonds. The zero-order chi connectivity index (χ0) is 14.3. The SMILES string of the molecule is Cc1nn(C)c(C)c1C(C)NC1CC1c1ccccc1. The third-order valence-corrected chi connectivity index (χ3v) is 4.48. The first kappa shape index (κ1) is 13.4. The fourth-order valence-electron chi connectivity index (χ4n) is 3.27. The van der Waals surface area contributed by atoms with Crippen LogP contribution in [0.15, 0.2) is 30.3 Å². The van der Waals surface area contributed by atoms with Crippen LogP contribution in [-0.2, 0) is 7.05 Å². The summed E-state index contributed by atoms with van der Waals surface area (Å²) < 4.78 is 1.98. The molecule has 1 N–H and O–H groups in total. The Bertz CT molecular complexity index is 600. The second-order valence-corrected chi connectivity index (χ2v) is 5.96. The van der Waals surface area contributed by atoms with E-state index in [-0.39, 0.29) is 0 Å². The fraction of sp³-hybridized carbons (Fsp3) is 0.471. The quantitative estimate of drug-likeness (QED) is 0.923. The molecule has 3 atom stereocenters. The van der Waals surface area contributed by atoms with E-state index in [0.717, 1.165) is 5.69 Å². The highest BCUT2D eigenvalue weighted by Gasteiger charge is 2.39. The predicted octanol–water partition coefficient (Wildman–Crippen LogP) is 3.24. The molecule has 0 saturated heterocycles. The van der Waals surface area contributed by atoms with Crippen LogP contribution >= 0.6 is 0 Å². The van der Waals surface area contributed by atoms with E-state index in [1.54, 1.807) is 0 Å². The smallest absolute Gasteiger partial charge is 0.0644 e. The van der Waals surface area contributed by atoms with Crippen LogP contribution in [0.4, 0.5) is 0 Å². The van der Waals surface area contributed by atoms with Crippen LogP contribution in [-0.4, -0.2) is 15.8 Å². The van der Waals surface area contributed by atoms with Gasteiger partial charge in [0.1, 0.15) is 0 Å². The van der Waals surface area contributed by atoms with Gasteiger partial charge in [0, 0.05) is 36.3 Å².